The smallest absolute Gasteiger partial charge is 0.260 e. The fraction of sp³-hybridized carbons (Fsp3) is 0.467. The zero-order chi connectivity index (χ0) is 14.4. The van der Waals surface area contributed by atoms with E-state index in [9.17, 15) is 9.59 Å². The number of Topliss-reactive ketones (excluding diaryl/α,β-unsaturated/α-hetero) is 1. The molecule has 0 aliphatic carbocycles. The Labute approximate surface area is 114 Å². The van der Waals surface area contributed by atoms with Gasteiger partial charge in [0.2, 0.25) is 0 Å². The Hall–Kier alpha value is -1.84. The molecule has 0 spiro atoms. The minimum Gasteiger partial charge on any atom is -0.484 e. The molecule has 0 aromatic heterocycles. The van der Waals surface area contributed by atoms with Gasteiger partial charge in [0, 0.05) is 19.2 Å². The van der Waals surface area contributed by atoms with Crippen LogP contribution in [-0.2, 0) is 4.79 Å². The van der Waals surface area contributed by atoms with E-state index in [4.69, 9.17) is 4.74 Å². The molecule has 1 aromatic carbocycles. The van der Waals surface area contributed by atoms with Crippen LogP contribution in [0.5, 0.6) is 5.75 Å². The second-order valence-electron chi connectivity index (χ2n) is 5.04. The summed E-state index contributed by atoms with van der Waals surface area (Å²) in [5.41, 5.74) is 0.635. The topological polar surface area (TPSA) is 46.6 Å². The molecule has 0 saturated carbocycles. The first-order chi connectivity index (χ1) is 8.90. The molecule has 1 rings (SSSR count). The van der Waals surface area contributed by atoms with Crippen molar-refractivity contribution in [1.82, 2.24) is 4.90 Å². The summed E-state index contributed by atoms with van der Waals surface area (Å²) in [4.78, 5) is 24.5. The number of rotatable bonds is 6. The lowest BCUT2D eigenvalue weighted by atomic mass is 10.1. The lowest BCUT2D eigenvalue weighted by Crippen LogP contribution is -2.34. The van der Waals surface area contributed by atoms with E-state index in [0.29, 0.717) is 23.8 Å². The molecular weight excluding hydrogens is 242 g/mol. The molecule has 0 unspecified atom stereocenters. The predicted molar refractivity (Wildman–Crippen MR) is 74.4 cm³/mol. The number of ketones is 1. The molecule has 0 aliphatic heterocycles. The van der Waals surface area contributed by atoms with Gasteiger partial charge in [0.05, 0.1) is 0 Å². The maximum absolute atomic E-state index is 11.8. The highest BCUT2D eigenvalue weighted by atomic mass is 16.5. The van der Waals surface area contributed by atoms with E-state index in [2.05, 4.69) is 13.8 Å². The molecule has 0 radical (unpaired) electrons. The molecule has 0 aliphatic rings. The van der Waals surface area contributed by atoms with Crippen molar-refractivity contribution in [3.05, 3.63) is 29.8 Å². The molecule has 19 heavy (non-hydrogen) atoms. The summed E-state index contributed by atoms with van der Waals surface area (Å²) in [6, 6.07) is 6.79. The predicted octanol–water partition coefficient (Wildman–Crippen LogP) is 2.38. The van der Waals surface area contributed by atoms with Crippen LogP contribution >= 0.6 is 0 Å². The Kier molecular flexibility index (Phi) is 5.55. The number of benzene rings is 1. The van der Waals surface area contributed by atoms with Crippen molar-refractivity contribution in [1.29, 1.82) is 0 Å². The number of carbonyl (C=O) groups excluding carboxylic acids is 2. The minimum absolute atomic E-state index is 0.0132. The standard InChI is InChI=1S/C15H21NO3/c1-11(2)9-16(4)15(18)10-19-14-7-5-13(6-8-14)12(3)17/h5-8,11H,9-10H2,1-4H3. The highest BCUT2D eigenvalue weighted by molar-refractivity contribution is 5.94. The molecule has 0 fully saturated rings. The number of nitrogens with zero attached hydrogens (tertiary/aromatic N) is 1. The monoisotopic (exact) mass is 263 g/mol. The molecule has 0 atom stereocenters. The number of ether oxygens (including phenoxy) is 1. The van der Waals surface area contributed by atoms with E-state index in [1.807, 2.05) is 0 Å². The SMILES string of the molecule is CC(=O)c1ccc(OCC(=O)N(C)CC(C)C)cc1. The molecule has 1 aromatic rings. The lowest BCUT2D eigenvalue weighted by Gasteiger charge is -2.19. The van der Waals surface area contributed by atoms with Gasteiger partial charge in [0.25, 0.3) is 5.91 Å². The highest BCUT2D eigenvalue weighted by Crippen LogP contribution is 2.12. The molecule has 0 bridgehead atoms. The van der Waals surface area contributed by atoms with Gasteiger partial charge in [-0.3, -0.25) is 9.59 Å². The number of likely N-dealkylation sites (N-methyl/N-ethyl adjacent to an activating group) is 1. The molecule has 0 N–H and O–H groups in total. The molecule has 0 saturated heterocycles. The molecule has 104 valence electrons. The van der Waals surface area contributed by atoms with Crippen molar-refractivity contribution < 1.29 is 14.3 Å². The normalized spacial score (nSPS) is 10.4. The average Bonchev–Trinajstić information content (AvgIpc) is 2.35. The van der Waals surface area contributed by atoms with Crippen molar-refractivity contribution >= 4 is 11.7 Å². The van der Waals surface area contributed by atoms with Gasteiger partial charge in [-0.25, -0.2) is 0 Å². The summed E-state index contributed by atoms with van der Waals surface area (Å²) in [6.45, 7) is 6.37. The molecule has 0 heterocycles. The van der Waals surface area contributed by atoms with Gasteiger partial charge in [0.1, 0.15) is 5.75 Å². The number of hydrogen-bond donors (Lipinski definition) is 0. The third kappa shape index (κ3) is 5.12. The zero-order valence-electron chi connectivity index (χ0n) is 12.0. The second kappa shape index (κ2) is 6.92. The fourth-order valence-electron chi connectivity index (χ4n) is 1.69. The number of carbonyl (C=O) groups is 2. The summed E-state index contributed by atoms with van der Waals surface area (Å²) in [5.74, 6) is 0.990. The van der Waals surface area contributed by atoms with E-state index >= 15 is 0 Å². The van der Waals surface area contributed by atoms with Crippen LogP contribution in [0.4, 0.5) is 0 Å². The third-order valence-electron chi connectivity index (χ3n) is 2.69. The van der Waals surface area contributed by atoms with Crippen molar-refractivity contribution in [2.45, 2.75) is 20.8 Å². The van der Waals surface area contributed by atoms with Crippen molar-refractivity contribution in [2.75, 3.05) is 20.2 Å². The Morgan fingerprint density at radius 3 is 2.26 bits per heavy atom. The van der Waals surface area contributed by atoms with Gasteiger partial charge in [-0.1, -0.05) is 13.8 Å². The fourth-order valence-corrected chi connectivity index (χ4v) is 1.69. The van der Waals surface area contributed by atoms with Crippen molar-refractivity contribution in [3.63, 3.8) is 0 Å². The van der Waals surface area contributed by atoms with Gasteiger partial charge >= 0.3 is 0 Å². The van der Waals surface area contributed by atoms with Crippen LogP contribution in [0.3, 0.4) is 0 Å². The first-order valence-corrected chi connectivity index (χ1v) is 6.38. The summed E-state index contributed by atoms with van der Waals surface area (Å²) in [5, 5.41) is 0. The van der Waals surface area contributed by atoms with Crippen LogP contribution in [0, 0.1) is 5.92 Å². The number of amides is 1. The number of hydrogen-bond acceptors (Lipinski definition) is 3. The first kappa shape index (κ1) is 15.2. The summed E-state index contributed by atoms with van der Waals surface area (Å²) in [7, 11) is 1.77. The Bertz CT molecular complexity index is 437. The van der Waals surface area contributed by atoms with Crippen LogP contribution in [0.25, 0.3) is 0 Å². The van der Waals surface area contributed by atoms with Crippen molar-refractivity contribution in [3.8, 4) is 5.75 Å². The third-order valence-corrected chi connectivity index (χ3v) is 2.69. The van der Waals surface area contributed by atoms with E-state index < -0.39 is 0 Å². The molecule has 1 amide bonds. The summed E-state index contributed by atoms with van der Waals surface area (Å²) < 4.78 is 5.40. The van der Waals surface area contributed by atoms with Gasteiger partial charge in [-0.2, -0.15) is 0 Å². The van der Waals surface area contributed by atoms with E-state index in [1.54, 1.807) is 36.2 Å². The highest BCUT2D eigenvalue weighted by Gasteiger charge is 2.10. The lowest BCUT2D eigenvalue weighted by molar-refractivity contribution is -0.132. The van der Waals surface area contributed by atoms with Crippen LogP contribution in [0.1, 0.15) is 31.1 Å². The Morgan fingerprint density at radius 2 is 1.79 bits per heavy atom. The van der Waals surface area contributed by atoms with Crippen molar-refractivity contribution in [2.24, 2.45) is 5.92 Å². The minimum atomic E-state index is -0.0515. The van der Waals surface area contributed by atoms with Gasteiger partial charge in [-0.05, 0) is 37.1 Å². The van der Waals surface area contributed by atoms with Crippen LogP contribution in [-0.4, -0.2) is 36.8 Å². The maximum atomic E-state index is 11.8. The van der Waals surface area contributed by atoms with Gasteiger partial charge < -0.3 is 9.64 Å². The van der Waals surface area contributed by atoms with E-state index in [1.165, 1.54) is 6.92 Å². The Balaban J connectivity index is 2.48. The van der Waals surface area contributed by atoms with Gasteiger partial charge in [0.15, 0.2) is 12.4 Å². The quantitative estimate of drug-likeness (QED) is 0.740. The Morgan fingerprint density at radius 1 is 1.21 bits per heavy atom. The molecule has 4 nitrogen and oxygen atoms in total. The van der Waals surface area contributed by atoms with Crippen LogP contribution in [0.15, 0.2) is 24.3 Å². The van der Waals surface area contributed by atoms with E-state index in [0.717, 1.165) is 0 Å². The second-order valence-corrected chi connectivity index (χ2v) is 5.04. The molecule has 4 heteroatoms. The largest absolute Gasteiger partial charge is 0.484 e. The average molecular weight is 263 g/mol. The maximum Gasteiger partial charge on any atom is 0.260 e. The molecular formula is C15H21NO3. The van der Waals surface area contributed by atoms with Crippen LogP contribution < -0.4 is 4.74 Å². The van der Waals surface area contributed by atoms with E-state index in [-0.39, 0.29) is 18.3 Å². The summed E-state index contributed by atoms with van der Waals surface area (Å²) in [6.07, 6.45) is 0. The van der Waals surface area contributed by atoms with Gasteiger partial charge in [-0.15, -0.1) is 0 Å². The first-order valence-electron chi connectivity index (χ1n) is 6.38. The van der Waals surface area contributed by atoms with Crippen LogP contribution in [0.2, 0.25) is 0 Å². The zero-order valence-corrected chi connectivity index (χ0v) is 12.0. The summed E-state index contributed by atoms with van der Waals surface area (Å²) >= 11 is 0.